The Hall–Kier alpha value is -1.68. The van der Waals surface area contributed by atoms with Crippen molar-refractivity contribution in [3.8, 4) is 0 Å². The van der Waals surface area contributed by atoms with Crippen LogP contribution in [0, 0.1) is 5.92 Å². The molecule has 3 nitrogen and oxygen atoms in total. The Morgan fingerprint density at radius 3 is 1.83 bits per heavy atom. The van der Waals surface area contributed by atoms with Gasteiger partial charge in [-0.3, -0.25) is 0 Å². The fraction of sp³-hybridized carbons (Fsp3) is 0.429. The van der Waals surface area contributed by atoms with Crippen LogP contribution in [-0.2, 0) is 0 Å². The lowest BCUT2D eigenvalue weighted by molar-refractivity contribution is 0.0180. The lowest BCUT2D eigenvalue weighted by atomic mass is 9.88. The van der Waals surface area contributed by atoms with Gasteiger partial charge in [-0.2, -0.15) is 0 Å². The summed E-state index contributed by atoms with van der Waals surface area (Å²) in [7, 11) is 0. The monoisotopic (exact) mass is 325 g/mol. The summed E-state index contributed by atoms with van der Waals surface area (Å²) in [5.41, 5.74) is 2.70. The summed E-state index contributed by atoms with van der Waals surface area (Å²) in [6, 6.07) is 21.4. The molecular formula is C21H27NO2. The van der Waals surface area contributed by atoms with Crippen molar-refractivity contribution in [3.05, 3.63) is 71.8 Å². The maximum absolute atomic E-state index is 9.84. The van der Waals surface area contributed by atoms with Crippen LogP contribution in [0.15, 0.2) is 60.7 Å². The van der Waals surface area contributed by atoms with E-state index in [2.05, 4.69) is 65.6 Å². The van der Waals surface area contributed by atoms with Crippen molar-refractivity contribution in [3.63, 3.8) is 0 Å². The first-order valence-electron chi connectivity index (χ1n) is 8.89. The van der Waals surface area contributed by atoms with Gasteiger partial charge in [0.2, 0.25) is 0 Å². The van der Waals surface area contributed by atoms with Crippen molar-refractivity contribution in [2.24, 2.45) is 5.92 Å². The van der Waals surface area contributed by atoms with Gasteiger partial charge < -0.3 is 15.1 Å². The minimum atomic E-state index is -0.564. The largest absolute Gasteiger partial charge is 0.394 e. The first-order chi connectivity index (χ1) is 11.8. The maximum atomic E-state index is 9.84. The summed E-state index contributed by atoms with van der Waals surface area (Å²) >= 11 is 0. The van der Waals surface area contributed by atoms with Gasteiger partial charge in [0.25, 0.3) is 0 Å². The van der Waals surface area contributed by atoms with Gasteiger partial charge in [-0.05, 0) is 43.0 Å². The highest BCUT2D eigenvalue weighted by atomic mass is 16.3. The van der Waals surface area contributed by atoms with Crippen molar-refractivity contribution in [1.82, 2.24) is 4.90 Å². The van der Waals surface area contributed by atoms with Gasteiger partial charge in [-0.15, -0.1) is 0 Å². The van der Waals surface area contributed by atoms with E-state index in [1.54, 1.807) is 0 Å². The van der Waals surface area contributed by atoms with E-state index in [4.69, 9.17) is 5.11 Å². The molecule has 0 spiro atoms. The number of nitrogens with zero attached hydrogens (tertiary/aromatic N) is 1. The smallest absolute Gasteiger partial charge is 0.0799 e. The number of aliphatic hydroxyl groups is 2. The number of likely N-dealkylation sites (tertiary alicyclic amines) is 1. The number of aliphatic hydroxyl groups excluding tert-OH is 2. The standard InChI is InChI=1S/C21H27NO2/c23-16-21(24)19-11-13-22(14-12-19)15-20(17-7-3-1-4-8-17)18-9-5-2-6-10-18/h1-10,19-21,23-24H,11-16H2. The van der Waals surface area contributed by atoms with Crippen LogP contribution in [0.5, 0.6) is 0 Å². The molecule has 3 heteroatoms. The SMILES string of the molecule is OCC(O)C1CCN(CC(c2ccccc2)c2ccccc2)CC1. The van der Waals surface area contributed by atoms with Crippen molar-refractivity contribution in [2.45, 2.75) is 24.9 Å². The topological polar surface area (TPSA) is 43.7 Å². The fourth-order valence-corrected chi connectivity index (χ4v) is 3.70. The summed E-state index contributed by atoms with van der Waals surface area (Å²) in [5.74, 6) is 0.602. The minimum Gasteiger partial charge on any atom is -0.394 e. The Morgan fingerprint density at radius 1 is 0.875 bits per heavy atom. The van der Waals surface area contributed by atoms with Gasteiger partial charge in [-0.1, -0.05) is 60.7 Å². The number of hydrogen-bond acceptors (Lipinski definition) is 3. The first kappa shape index (κ1) is 17.2. The van der Waals surface area contributed by atoms with Crippen molar-refractivity contribution < 1.29 is 10.2 Å². The average Bonchev–Trinajstić information content (AvgIpc) is 2.67. The number of benzene rings is 2. The summed E-state index contributed by atoms with van der Waals surface area (Å²) in [6.07, 6.45) is 1.35. The molecule has 1 heterocycles. The lowest BCUT2D eigenvalue weighted by Gasteiger charge is -2.36. The van der Waals surface area contributed by atoms with Crippen LogP contribution < -0.4 is 0 Å². The van der Waals surface area contributed by atoms with E-state index >= 15 is 0 Å². The van der Waals surface area contributed by atoms with E-state index in [0.717, 1.165) is 32.5 Å². The van der Waals surface area contributed by atoms with Crippen molar-refractivity contribution in [1.29, 1.82) is 0 Å². The molecule has 2 N–H and O–H groups in total. The Morgan fingerprint density at radius 2 is 1.38 bits per heavy atom. The van der Waals surface area contributed by atoms with E-state index < -0.39 is 6.10 Å². The molecule has 24 heavy (non-hydrogen) atoms. The molecule has 1 aliphatic heterocycles. The highest BCUT2D eigenvalue weighted by Crippen LogP contribution is 2.28. The van der Waals surface area contributed by atoms with Crippen LogP contribution in [-0.4, -0.2) is 47.5 Å². The molecule has 3 rings (SSSR count). The maximum Gasteiger partial charge on any atom is 0.0799 e. The predicted octanol–water partition coefficient (Wildman–Crippen LogP) is 2.88. The predicted molar refractivity (Wildman–Crippen MR) is 97.0 cm³/mol. The molecule has 1 unspecified atom stereocenters. The number of rotatable bonds is 6. The molecule has 1 saturated heterocycles. The summed E-state index contributed by atoms with van der Waals surface area (Å²) in [5, 5.41) is 19.0. The van der Waals surface area contributed by atoms with E-state index in [1.165, 1.54) is 11.1 Å². The summed E-state index contributed by atoms with van der Waals surface area (Å²) in [4.78, 5) is 2.49. The highest BCUT2D eigenvalue weighted by molar-refractivity contribution is 5.32. The van der Waals surface area contributed by atoms with Gasteiger partial charge in [-0.25, -0.2) is 0 Å². The normalized spacial score (nSPS) is 18.0. The molecule has 0 aliphatic carbocycles. The third kappa shape index (κ3) is 4.23. The molecule has 0 bridgehead atoms. The fourth-order valence-electron chi connectivity index (χ4n) is 3.70. The third-order valence-electron chi connectivity index (χ3n) is 5.21. The quantitative estimate of drug-likeness (QED) is 0.858. The van der Waals surface area contributed by atoms with Crippen molar-refractivity contribution in [2.75, 3.05) is 26.2 Å². The molecular weight excluding hydrogens is 298 g/mol. The van der Waals surface area contributed by atoms with Gasteiger partial charge in [0.05, 0.1) is 12.7 Å². The van der Waals surface area contributed by atoms with Crippen LogP contribution in [0.25, 0.3) is 0 Å². The highest BCUT2D eigenvalue weighted by Gasteiger charge is 2.26. The molecule has 1 atom stereocenters. The minimum absolute atomic E-state index is 0.124. The second kappa shape index (κ2) is 8.43. The van der Waals surface area contributed by atoms with E-state index in [0.29, 0.717) is 5.92 Å². The summed E-state index contributed by atoms with van der Waals surface area (Å²) < 4.78 is 0. The second-order valence-electron chi connectivity index (χ2n) is 6.76. The lowest BCUT2D eigenvalue weighted by Crippen LogP contribution is -2.40. The van der Waals surface area contributed by atoms with E-state index in [9.17, 15) is 5.11 Å². The van der Waals surface area contributed by atoms with Crippen LogP contribution in [0.4, 0.5) is 0 Å². The molecule has 2 aromatic rings. The van der Waals surface area contributed by atoms with Crippen LogP contribution in [0.1, 0.15) is 29.9 Å². The van der Waals surface area contributed by atoms with Crippen LogP contribution in [0.2, 0.25) is 0 Å². The molecule has 0 saturated carbocycles. The Bertz CT molecular complexity index is 554. The third-order valence-corrected chi connectivity index (χ3v) is 5.21. The first-order valence-corrected chi connectivity index (χ1v) is 8.89. The van der Waals surface area contributed by atoms with Crippen LogP contribution in [0.3, 0.4) is 0 Å². The zero-order valence-corrected chi connectivity index (χ0v) is 14.1. The van der Waals surface area contributed by atoms with Crippen LogP contribution >= 0.6 is 0 Å². The molecule has 128 valence electrons. The van der Waals surface area contributed by atoms with E-state index in [-0.39, 0.29) is 12.5 Å². The molecule has 0 radical (unpaired) electrons. The van der Waals surface area contributed by atoms with Gasteiger partial charge in [0.15, 0.2) is 0 Å². The number of piperidine rings is 1. The Labute approximate surface area is 144 Å². The van der Waals surface area contributed by atoms with Gasteiger partial charge in [0, 0.05) is 12.5 Å². The zero-order valence-electron chi connectivity index (χ0n) is 14.1. The van der Waals surface area contributed by atoms with Crippen molar-refractivity contribution >= 4 is 0 Å². The van der Waals surface area contributed by atoms with E-state index in [1.807, 2.05) is 0 Å². The molecule has 1 aliphatic rings. The Kier molecular flexibility index (Phi) is 6.02. The molecule has 2 aromatic carbocycles. The molecule has 0 aromatic heterocycles. The Balaban J connectivity index is 1.70. The second-order valence-corrected chi connectivity index (χ2v) is 6.76. The van der Waals surface area contributed by atoms with Gasteiger partial charge >= 0.3 is 0 Å². The van der Waals surface area contributed by atoms with Gasteiger partial charge in [0.1, 0.15) is 0 Å². The number of hydrogen-bond donors (Lipinski definition) is 2. The molecule has 1 fully saturated rings. The zero-order chi connectivity index (χ0) is 16.8. The average molecular weight is 325 g/mol. The summed E-state index contributed by atoms with van der Waals surface area (Å²) in [6.45, 7) is 2.84. The molecule has 0 amide bonds.